The van der Waals surface area contributed by atoms with Crippen LogP contribution in [-0.2, 0) is 4.79 Å². The summed E-state index contributed by atoms with van der Waals surface area (Å²) in [4.78, 5) is 11.2. The topological polar surface area (TPSA) is 55.1 Å². The standard InChI is InChI=1S/C12H24N2O/c1-3-8-14-12(9-11(13)15)7-5-6-10(12)4-2/h10,14H,3-9H2,1-2H3,(H2,13,15). The zero-order chi connectivity index (χ0) is 11.3. The molecule has 0 saturated heterocycles. The normalized spacial score (nSPS) is 30.7. The van der Waals surface area contributed by atoms with Crippen LogP contribution in [0.1, 0.15) is 52.4 Å². The highest BCUT2D eigenvalue weighted by Gasteiger charge is 2.42. The molecule has 0 radical (unpaired) electrons. The van der Waals surface area contributed by atoms with Crippen molar-refractivity contribution in [3.63, 3.8) is 0 Å². The average molecular weight is 212 g/mol. The SMILES string of the molecule is CCCNC1(CC(N)=O)CCCC1CC. The van der Waals surface area contributed by atoms with Crippen molar-refractivity contribution in [2.24, 2.45) is 11.7 Å². The first-order valence-electron chi connectivity index (χ1n) is 6.18. The number of nitrogens with two attached hydrogens (primary N) is 1. The van der Waals surface area contributed by atoms with Crippen molar-refractivity contribution in [1.29, 1.82) is 0 Å². The van der Waals surface area contributed by atoms with Crippen molar-refractivity contribution in [2.45, 2.75) is 57.9 Å². The lowest BCUT2D eigenvalue weighted by atomic mass is 9.82. The van der Waals surface area contributed by atoms with Gasteiger partial charge >= 0.3 is 0 Å². The highest BCUT2D eigenvalue weighted by Crippen LogP contribution is 2.40. The predicted molar refractivity (Wildman–Crippen MR) is 62.5 cm³/mol. The van der Waals surface area contributed by atoms with Crippen molar-refractivity contribution < 1.29 is 4.79 Å². The van der Waals surface area contributed by atoms with E-state index in [2.05, 4.69) is 19.2 Å². The lowest BCUT2D eigenvalue weighted by Crippen LogP contribution is -2.50. The van der Waals surface area contributed by atoms with Gasteiger partial charge in [0.15, 0.2) is 0 Å². The first-order valence-corrected chi connectivity index (χ1v) is 6.18. The highest BCUT2D eigenvalue weighted by molar-refractivity contribution is 5.75. The lowest BCUT2D eigenvalue weighted by Gasteiger charge is -2.35. The smallest absolute Gasteiger partial charge is 0.219 e. The zero-order valence-corrected chi connectivity index (χ0v) is 10.0. The van der Waals surface area contributed by atoms with E-state index in [1.807, 2.05) is 0 Å². The maximum atomic E-state index is 11.2. The summed E-state index contributed by atoms with van der Waals surface area (Å²) in [6, 6.07) is 0. The summed E-state index contributed by atoms with van der Waals surface area (Å²) < 4.78 is 0. The van der Waals surface area contributed by atoms with Crippen LogP contribution >= 0.6 is 0 Å². The molecule has 2 atom stereocenters. The van der Waals surface area contributed by atoms with Gasteiger partial charge in [0.2, 0.25) is 5.91 Å². The molecular formula is C12H24N2O. The van der Waals surface area contributed by atoms with Crippen LogP contribution in [0.4, 0.5) is 0 Å². The molecule has 0 bridgehead atoms. The Morgan fingerprint density at radius 1 is 1.53 bits per heavy atom. The number of amides is 1. The van der Waals surface area contributed by atoms with Crippen LogP contribution in [0.3, 0.4) is 0 Å². The van der Waals surface area contributed by atoms with Crippen molar-refractivity contribution in [3.8, 4) is 0 Å². The minimum atomic E-state index is -0.168. The number of rotatable bonds is 6. The Bertz CT molecular complexity index is 218. The van der Waals surface area contributed by atoms with E-state index < -0.39 is 0 Å². The number of nitrogens with one attached hydrogen (secondary N) is 1. The lowest BCUT2D eigenvalue weighted by molar-refractivity contribution is -0.119. The Kier molecular flexibility index (Phi) is 4.58. The van der Waals surface area contributed by atoms with Crippen LogP contribution in [0, 0.1) is 5.92 Å². The summed E-state index contributed by atoms with van der Waals surface area (Å²) in [6.45, 7) is 5.35. The number of primary amides is 1. The minimum absolute atomic E-state index is 0.0105. The molecule has 15 heavy (non-hydrogen) atoms. The summed E-state index contributed by atoms with van der Waals surface area (Å²) in [5, 5.41) is 3.58. The Balaban J connectivity index is 2.69. The molecule has 2 unspecified atom stereocenters. The molecule has 0 heterocycles. The molecule has 1 amide bonds. The molecule has 3 N–H and O–H groups in total. The van der Waals surface area contributed by atoms with Crippen molar-refractivity contribution in [2.75, 3.05) is 6.54 Å². The molecule has 3 nitrogen and oxygen atoms in total. The second-order valence-electron chi connectivity index (χ2n) is 4.72. The highest BCUT2D eigenvalue weighted by atomic mass is 16.1. The number of carbonyl (C=O) groups is 1. The fourth-order valence-electron chi connectivity index (χ4n) is 2.95. The molecular weight excluding hydrogens is 188 g/mol. The van der Waals surface area contributed by atoms with Crippen LogP contribution in [0.2, 0.25) is 0 Å². The maximum absolute atomic E-state index is 11.2. The van der Waals surface area contributed by atoms with Crippen molar-refractivity contribution in [3.05, 3.63) is 0 Å². The molecule has 1 saturated carbocycles. The summed E-state index contributed by atoms with van der Waals surface area (Å²) in [5.41, 5.74) is 5.38. The van der Waals surface area contributed by atoms with Gasteiger partial charge in [-0.25, -0.2) is 0 Å². The Hall–Kier alpha value is -0.570. The van der Waals surface area contributed by atoms with Gasteiger partial charge in [-0.1, -0.05) is 26.7 Å². The summed E-state index contributed by atoms with van der Waals surface area (Å²) in [7, 11) is 0. The summed E-state index contributed by atoms with van der Waals surface area (Å²) >= 11 is 0. The van der Waals surface area contributed by atoms with E-state index in [0.717, 1.165) is 25.8 Å². The predicted octanol–water partition coefficient (Wildman–Crippen LogP) is 1.81. The average Bonchev–Trinajstić information content (AvgIpc) is 2.57. The summed E-state index contributed by atoms with van der Waals surface area (Å²) in [6.07, 6.45) is 6.32. The van der Waals surface area contributed by atoms with E-state index in [-0.39, 0.29) is 11.4 Å². The molecule has 88 valence electrons. The monoisotopic (exact) mass is 212 g/mol. The molecule has 0 aromatic heterocycles. The fourth-order valence-corrected chi connectivity index (χ4v) is 2.95. The zero-order valence-electron chi connectivity index (χ0n) is 10.0. The van der Waals surface area contributed by atoms with E-state index in [4.69, 9.17) is 5.73 Å². The summed E-state index contributed by atoms with van der Waals surface area (Å²) in [5.74, 6) is 0.454. The van der Waals surface area contributed by atoms with Gasteiger partial charge in [-0.05, 0) is 31.7 Å². The first kappa shape index (κ1) is 12.5. The Morgan fingerprint density at radius 2 is 2.27 bits per heavy atom. The third-order valence-corrected chi connectivity index (χ3v) is 3.67. The Labute approximate surface area is 92.8 Å². The van der Waals surface area contributed by atoms with Gasteiger partial charge in [-0.3, -0.25) is 4.79 Å². The molecule has 0 aromatic carbocycles. The third kappa shape index (κ3) is 2.94. The largest absolute Gasteiger partial charge is 0.370 e. The molecule has 3 heteroatoms. The van der Waals surface area contributed by atoms with E-state index in [9.17, 15) is 4.79 Å². The van der Waals surface area contributed by atoms with Crippen LogP contribution in [-0.4, -0.2) is 18.0 Å². The van der Waals surface area contributed by atoms with Crippen LogP contribution in [0.15, 0.2) is 0 Å². The molecule has 0 aliphatic heterocycles. The van der Waals surface area contributed by atoms with E-state index in [0.29, 0.717) is 12.3 Å². The maximum Gasteiger partial charge on any atom is 0.219 e. The molecule has 0 spiro atoms. The first-order chi connectivity index (χ1) is 7.14. The van der Waals surface area contributed by atoms with Gasteiger partial charge in [-0.15, -0.1) is 0 Å². The quantitative estimate of drug-likeness (QED) is 0.705. The second kappa shape index (κ2) is 5.50. The van der Waals surface area contributed by atoms with Crippen molar-refractivity contribution >= 4 is 5.91 Å². The minimum Gasteiger partial charge on any atom is -0.370 e. The Morgan fingerprint density at radius 3 is 2.80 bits per heavy atom. The van der Waals surface area contributed by atoms with Gasteiger partial charge in [0.05, 0.1) is 0 Å². The molecule has 1 rings (SSSR count). The van der Waals surface area contributed by atoms with Crippen LogP contribution in [0.25, 0.3) is 0 Å². The van der Waals surface area contributed by atoms with Gasteiger partial charge < -0.3 is 11.1 Å². The van der Waals surface area contributed by atoms with Gasteiger partial charge in [-0.2, -0.15) is 0 Å². The van der Waals surface area contributed by atoms with Gasteiger partial charge in [0.25, 0.3) is 0 Å². The molecule has 1 aliphatic rings. The van der Waals surface area contributed by atoms with Crippen LogP contribution < -0.4 is 11.1 Å². The third-order valence-electron chi connectivity index (χ3n) is 3.67. The van der Waals surface area contributed by atoms with E-state index in [1.54, 1.807) is 0 Å². The van der Waals surface area contributed by atoms with E-state index in [1.165, 1.54) is 12.8 Å². The van der Waals surface area contributed by atoms with Gasteiger partial charge in [0, 0.05) is 12.0 Å². The number of carbonyl (C=O) groups excluding carboxylic acids is 1. The second-order valence-corrected chi connectivity index (χ2v) is 4.72. The van der Waals surface area contributed by atoms with Crippen molar-refractivity contribution in [1.82, 2.24) is 5.32 Å². The molecule has 1 fully saturated rings. The number of hydrogen-bond acceptors (Lipinski definition) is 2. The molecule has 0 aromatic rings. The van der Waals surface area contributed by atoms with Gasteiger partial charge in [0.1, 0.15) is 0 Å². The molecule has 1 aliphatic carbocycles. The van der Waals surface area contributed by atoms with Crippen LogP contribution in [0.5, 0.6) is 0 Å². The number of hydrogen-bond donors (Lipinski definition) is 2. The fraction of sp³-hybridized carbons (Fsp3) is 0.917. The van der Waals surface area contributed by atoms with E-state index >= 15 is 0 Å².